The van der Waals surface area contributed by atoms with Gasteiger partial charge < -0.3 is 10.2 Å². The standard InChI is InChI=1S/C18H19N3O2S/c1-11-20-15(10-24-11)12-2-4-16-13(8-12)6-7-21(16)18(23)14-3-5-17(22)19-9-14/h2,4,8,10,14H,3,5-7,9H2,1H3,(H,19,22). The second-order valence-electron chi connectivity index (χ2n) is 6.37. The van der Waals surface area contributed by atoms with E-state index in [-0.39, 0.29) is 17.7 Å². The van der Waals surface area contributed by atoms with E-state index in [9.17, 15) is 9.59 Å². The molecule has 2 aromatic rings. The molecule has 0 bridgehead atoms. The Balaban J connectivity index is 1.56. The minimum Gasteiger partial charge on any atom is -0.355 e. The van der Waals surface area contributed by atoms with Crippen molar-refractivity contribution in [1.29, 1.82) is 0 Å². The van der Waals surface area contributed by atoms with Crippen molar-refractivity contribution in [3.05, 3.63) is 34.2 Å². The first-order valence-corrected chi connectivity index (χ1v) is 9.13. The van der Waals surface area contributed by atoms with Crippen molar-refractivity contribution in [1.82, 2.24) is 10.3 Å². The molecule has 24 heavy (non-hydrogen) atoms. The van der Waals surface area contributed by atoms with Gasteiger partial charge in [0.25, 0.3) is 0 Å². The maximum Gasteiger partial charge on any atom is 0.231 e. The van der Waals surface area contributed by atoms with Crippen LogP contribution in [0.5, 0.6) is 0 Å². The first-order valence-electron chi connectivity index (χ1n) is 8.25. The summed E-state index contributed by atoms with van der Waals surface area (Å²) in [7, 11) is 0. The van der Waals surface area contributed by atoms with Crippen molar-refractivity contribution in [2.45, 2.75) is 26.2 Å². The summed E-state index contributed by atoms with van der Waals surface area (Å²) in [6.07, 6.45) is 1.96. The van der Waals surface area contributed by atoms with Gasteiger partial charge in [-0.3, -0.25) is 9.59 Å². The highest BCUT2D eigenvalue weighted by molar-refractivity contribution is 7.09. The molecular formula is C18H19N3O2S. The SMILES string of the molecule is Cc1nc(-c2ccc3c(c2)CCN3C(=O)C2CCC(=O)NC2)cs1. The Morgan fingerprint density at radius 2 is 2.25 bits per heavy atom. The van der Waals surface area contributed by atoms with E-state index < -0.39 is 0 Å². The van der Waals surface area contributed by atoms with Crippen molar-refractivity contribution in [2.75, 3.05) is 18.0 Å². The summed E-state index contributed by atoms with van der Waals surface area (Å²) in [5.74, 6) is 0.0737. The number of carbonyl (C=O) groups excluding carboxylic acids is 2. The van der Waals surface area contributed by atoms with Gasteiger partial charge in [-0.25, -0.2) is 4.98 Å². The number of hydrogen-bond donors (Lipinski definition) is 1. The Labute approximate surface area is 144 Å². The first kappa shape index (κ1) is 15.3. The highest BCUT2D eigenvalue weighted by Gasteiger charge is 2.32. The lowest BCUT2D eigenvalue weighted by Crippen LogP contribution is -2.44. The third kappa shape index (κ3) is 2.71. The molecule has 5 nitrogen and oxygen atoms in total. The molecule has 0 radical (unpaired) electrons. The number of aromatic nitrogens is 1. The van der Waals surface area contributed by atoms with E-state index in [2.05, 4.69) is 21.7 Å². The number of rotatable bonds is 2. The number of fused-ring (bicyclic) bond motifs is 1. The van der Waals surface area contributed by atoms with Crippen LogP contribution in [0.25, 0.3) is 11.3 Å². The van der Waals surface area contributed by atoms with Gasteiger partial charge in [-0.05, 0) is 37.5 Å². The summed E-state index contributed by atoms with van der Waals surface area (Å²) in [5.41, 5.74) is 4.32. The summed E-state index contributed by atoms with van der Waals surface area (Å²) in [5, 5.41) is 5.93. The molecule has 1 aromatic heterocycles. The van der Waals surface area contributed by atoms with Crippen LogP contribution in [0, 0.1) is 12.8 Å². The van der Waals surface area contributed by atoms with Crippen LogP contribution in [-0.2, 0) is 16.0 Å². The molecule has 2 amide bonds. The smallest absolute Gasteiger partial charge is 0.231 e. The molecule has 4 rings (SSSR count). The number of hydrogen-bond acceptors (Lipinski definition) is 4. The third-order valence-electron chi connectivity index (χ3n) is 4.77. The Kier molecular flexibility index (Phi) is 3.84. The van der Waals surface area contributed by atoms with Gasteiger partial charge in [-0.2, -0.15) is 0 Å². The quantitative estimate of drug-likeness (QED) is 0.913. The first-order chi connectivity index (χ1) is 11.6. The van der Waals surface area contributed by atoms with Gasteiger partial charge in [0.2, 0.25) is 11.8 Å². The Morgan fingerprint density at radius 1 is 1.38 bits per heavy atom. The topological polar surface area (TPSA) is 62.3 Å². The van der Waals surface area contributed by atoms with Crippen LogP contribution in [0.2, 0.25) is 0 Å². The van der Waals surface area contributed by atoms with Gasteiger partial charge in [0.15, 0.2) is 0 Å². The third-order valence-corrected chi connectivity index (χ3v) is 5.54. The minimum atomic E-state index is -0.102. The van der Waals surface area contributed by atoms with Crippen LogP contribution >= 0.6 is 11.3 Å². The molecular weight excluding hydrogens is 322 g/mol. The zero-order valence-electron chi connectivity index (χ0n) is 13.5. The number of nitrogens with zero attached hydrogens (tertiary/aromatic N) is 2. The Hall–Kier alpha value is -2.21. The lowest BCUT2D eigenvalue weighted by molar-refractivity contribution is -0.127. The number of anilines is 1. The lowest BCUT2D eigenvalue weighted by Gasteiger charge is -2.27. The Bertz CT molecular complexity index is 804. The molecule has 6 heteroatoms. The van der Waals surface area contributed by atoms with E-state index >= 15 is 0 Å². The molecule has 1 unspecified atom stereocenters. The van der Waals surface area contributed by atoms with E-state index in [1.54, 1.807) is 11.3 Å². The summed E-state index contributed by atoms with van der Waals surface area (Å²) in [6, 6.07) is 6.23. The average Bonchev–Trinajstić information content (AvgIpc) is 3.20. The molecule has 1 aromatic carbocycles. The molecule has 2 aliphatic heterocycles. The van der Waals surface area contributed by atoms with Gasteiger partial charge in [0.1, 0.15) is 0 Å². The zero-order valence-corrected chi connectivity index (χ0v) is 14.4. The summed E-state index contributed by atoms with van der Waals surface area (Å²) in [4.78, 5) is 30.5. The number of thiazole rings is 1. The Morgan fingerprint density at radius 3 is 2.96 bits per heavy atom. The largest absolute Gasteiger partial charge is 0.355 e. The molecule has 1 saturated heterocycles. The van der Waals surface area contributed by atoms with Gasteiger partial charge in [-0.15, -0.1) is 11.3 Å². The minimum absolute atomic E-state index is 0.0454. The monoisotopic (exact) mass is 341 g/mol. The van der Waals surface area contributed by atoms with Crippen molar-refractivity contribution in [3.63, 3.8) is 0 Å². The molecule has 2 aliphatic rings. The lowest BCUT2D eigenvalue weighted by atomic mass is 9.97. The molecule has 1 fully saturated rings. The predicted molar refractivity (Wildman–Crippen MR) is 94.1 cm³/mol. The van der Waals surface area contributed by atoms with Gasteiger partial charge in [0, 0.05) is 36.1 Å². The molecule has 0 aliphatic carbocycles. The average molecular weight is 341 g/mol. The van der Waals surface area contributed by atoms with Gasteiger partial charge >= 0.3 is 0 Å². The fourth-order valence-electron chi connectivity index (χ4n) is 3.45. The maximum absolute atomic E-state index is 12.8. The van der Waals surface area contributed by atoms with Crippen LogP contribution < -0.4 is 10.2 Å². The zero-order chi connectivity index (χ0) is 16.7. The molecule has 1 atom stereocenters. The van der Waals surface area contributed by atoms with Crippen LogP contribution in [0.3, 0.4) is 0 Å². The number of benzene rings is 1. The van der Waals surface area contributed by atoms with Crippen molar-refractivity contribution in [2.24, 2.45) is 5.92 Å². The highest BCUT2D eigenvalue weighted by atomic mass is 32.1. The number of amides is 2. The van der Waals surface area contributed by atoms with Crippen LogP contribution in [-0.4, -0.2) is 29.9 Å². The number of carbonyl (C=O) groups is 2. The van der Waals surface area contributed by atoms with Gasteiger partial charge in [-0.1, -0.05) is 6.07 Å². The summed E-state index contributed by atoms with van der Waals surface area (Å²) < 4.78 is 0. The molecule has 1 N–H and O–H groups in total. The van der Waals surface area contributed by atoms with E-state index in [1.807, 2.05) is 24.0 Å². The fraction of sp³-hybridized carbons (Fsp3) is 0.389. The van der Waals surface area contributed by atoms with Crippen molar-refractivity contribution < 1.29 is 9.59 Å². The summed E-state index contributed by atoms with van der Waals surface area (Å²) >= 11 is 1.65. The normalized spacial score (nSPS) is 20.0. The predicted octanol–water partition coefficient (Wildman–Crippen LogP) is 2.53. The van der Waals surface area contributed by atoms with Crippen LogP contribution in [0.1, 0.15) is 23.4 Å². The van der Waals surface area contributed by atoms with E-state index in [0.29, 0.717) is 19.4 Å². The van der Waals surface area contributed by atoms with E-state index in [0.717, 1.165) is 34.9 Å². The number of piperidine rings is 1. The molecule has 124 valence electrons. The molecule has 3 heterocycles. The maximum atomic E-state index is 12.8. The van der Waals surface area contributed by atoms with Gasteiger partial charge in [0.05, 0.1) is 16.6 Å². The number of aryl methyl sites for hydroxylation is 1. The summed E-state index contributed by atoms with van der Waals surface area (Å²) in [6.45, 7) is 3.18. The van der Waals surface area contributed by atoms with E-state index in [1.165, 1.54) is 5.56 Å². The van der Waals surface area contributed by atoms with E-state index in [4.69, 9.17) is 0 Å². The van der Waals surface area contributed by atoms with Crippen LogP contribution in [0.4, 0.5) is 5.69 Å². The highest BCUT2D eigenvalue weighted by Crippen LogP contribution is 2.34. The van der Waals surface area contributed by atoms with Crippen molar-refractivity contribution in [3.8, 4) is 11.3 Å². The molecule has 0 saturated carbocycles. The number of nitrogens with one attached hydrogen (secondary N) is 1. The second-order valence-corrected chi connectivity index (χ2v) is 7.44. The van der Waals surface area contributed by atoms with Crippen LogP contribution in [0.15, 0.2) is 23.6 Å². The molecule has 0 spiro atoms. The fourth-order valence-corrected chi connectivity index (χ4v) is 4.07. The second kappa shape index (κ2) is 6.02. The van der Waals surface area contributed by atoms with Crippen molar-refractivity contribution >= 4 is 28.8 Å².